The van der Waals surface area contributed by atoms with E-state index in [1.165, 1.54) is 0 Å². The van der Waals surface area contributed by atoms with Crippen LogP contribution in [0.3, 0.4) is 0 Å². The number of benzene rings is 2. The second-order valence-corrected chi connectivity index (χ2v) is 7.01. The maximum Gasteiger partial charge on any atom is 0.255 e. The lowest BCUT2D eigenvalue weighted by atomic mass is 10.1. The fourth-order valence-corrected chi connectivity index (χ4v) is 2.75. The Bertz CT molecular complexity index is 790. The number of rotatable bonds is 7. The van der Waals surface area contributed by atoms with Crippen molar-refractivity contribution in [1.29, 1.82) is 0 Å². The number of carbonyl (C=O) groups excluding carboxylic acids is 2. The van der Waals surface area contributed by atoms with Gasteiger partial charge in [0, 0.05) is 22.9 Å². The minimum atomic E-state index is -0.255. The van der Waals surface area contributed by atoms with Gasteiger partial charge >= 0.3 is 0 Å². The molecule has 0 saturated carbocycles. The first-order valence-electron chi connectivity index (χ1n) is 8.55. The van der Waals surface area contributed by atoms with Gasteiger partial charge in [-0.05, 0) is 72.6 Å². The number of halogens is 1. The summed E-state index contributed by atoms with van der Waals surface area (Å²) >= 11 is 3.43. The van der Waals surface area contributed by atoms with Crippen molar-refractivity contribution >= 4 is 33.4 Å². The maximum atomic E-state index is 12.5. The van der Waals surface area contributed by atoms with Crippen LogP contribution < -0.4 is 15.4 Å². The molecule has 2 amide bonds. The number of ether oxygens (including phenoxy) is 1. The molecule has 0 unspecified atom stereocenters. The topological polar surface area (TPSA) is 67.4 Å². The van der Waals surface area contributed by atoms with Crippen LogP contribution in [-0.2, 0) is 0 Å². The predicted molar refractivity (Wildman–Crippen MR) is 107 cm³/mol. The Morgan fingerprint density at radius 2 is 1.81 bits per heavy atom. The molecule has 0 fully saturated rings. The monoisotopic (exact) mass is 418 g/mol. The molecular weight excluding hydrogens is 396 g/mol. The lowest BCUT2D eigenvalue weighted by Gasteiger charge is -2.11. The molecule has 5 nitrogen and oxygen atoms in total. The molecule has 2 aromatic carbocycles. The van der Waals surface area contributed by atoms with Crippen LogP contribution in [0.15, 0.2) is 46.9 Å². The zero-order valence-corrected chi connectivity index (χ0v) is 16.7. The summed E-state index contributed by atoms with van der Waals surface area (Å²) < 4.78 is 6.32. The Hall–Kier alpha value is -2.34. The van der Waals surface area contributed by atoms with Crippen LogP contribution in [0.1, 0.15) is 47.9 Å². The van der Waals surface area contributed by atoms with Crippen LogP contribution in [0.4, 0.5) is 5.69 Å². The third-order valence-electron chi connectivity index (χ3n) is 3.46. The Kier molecular flexibility index (Phi) is 7.21. The average molecular weight is 419 g/mol. The average Bonchev–Trinajstić information content (AvgIpc) is 2.60. The van der Waals surface area contributed by atoms with Crippen LogP contribution >= 0.6 is 15.9 Å². The summed E-state index contributed by atoms with van der Waals surface area (Å²) in [6, 6.07) is 12.1. The van der Waals surface area contributed by atoms with Crippen LogP contribution in [0, 0.1) is 0 Å². The molecule has 0 aliphatic rings. The molecule has 26 heavy (non-hydrogen) atoms. The molecule has 6 heteroatoms. The van der Waals surface area contributed by atoms with Crippen molar-refractivity contribution in [2.45, 2.75) is 33.2 Å². The van der Waals surface area contributed by atoms with Gasteiger partial charge in [-0.15, -0.1) is 0 Å². The molecule has 2 N–H and O–H groups in total. The first-order valence-corrected chi connectivity index (χ1v) is 9.34. The smallest absolute Gasteiger partial charge is 0.255 e. The van der Waals surface area contributed by atoms with E-state index in [2.05, 4.69) is 26.6 Å². The summed E-state index contributed by atoms with van der Waals surface area (Å²) in [5.41, 5.74) is 1.56. The molecule has 0 aliphatic heterocycles. The van der Waals surface area contributed by atoms with E-state index in [-0.39, 0.29) is 17.9 Å². The van der Waals surface area contributed by atoms with Gasteiger partial charge < -0.3 is 15.4 Å². The third-order valence-corrected chi connectivity index (χ3v) is 4.08. The second kappa shape index (κ2) is 9.38. The molecule has 0 atom stereocenters. The molecule has 0 aromatic heterocycles. The van der Waals surface area contributed by atoms with Crippen LogP contribution in [0.2, 0.25) is 0 Å². The van der Waals surface area contributed by atoms with Crippen LogP contribution in [0.25, 0.3) is 0 Å². The Morgan fingerprint density at radius 3 is 2.46 bits per heavy atom. The van der Waals surface area contributed by atoms with Gasteiger partial charge in [-0.2, -0.15) is 0 Å². The first-order chi connectivity index (χ1) is 12.4. The van der Waals surface area contributed by atoms with Crippen molar-refractivity contribution in [2.75, 3.05) is 11.9 Å². The number of amides is 2. The molecule has 138 valence electrons. The van der Waals surface area contributed by atoms with Crippen molar-refractivity contribution in [2.24, 2.45) is 0 Å². The summed E-state index contributed by atoms with van der Waals surface area (Å²) in [6.45, 7) is 6.45. The number of nitrogens with one attached hydrogen (secondary N) is 2. The highest BCUT2D eigenvalue weighted by atomic mass is 79.9. The summed E-state index contributed by atoms with van der Waals surface area (Å²) in [4.78, 5) is 24.6. The molecule has 0 bridgehead atoms. The molecule has 0 spiro atoms. The Labute approximate surface area is 162 Å². The van der Waals surface area contributed by atoms with Crippen molar-refractivity contribution in [1.82, 2.24) is 5.32 Å². The van der Waals surface area contributed by atoms with Gasteiger partial charge in [0.05, 0.1) is 11.1 Å². The van der Waals surface area contributed by atoms with E-state index in [1.54, 1.807) is 42.5 Å². The lowest BCUT2D eigenvalue weighted by molar-refractivity contribution is 0.0941. The highest BCUT2D eigenvalue weighted by Gasteiger charge is 2.12. The molecule has 2 aromatic rings. The van der Waals surface area contributed by atoms with E-state index in [4.69, 9.17) is 4.74 Å². The first kappa shape index (κ1) is 20.0. The number of anilines is 1. The zero-order chi connectivity index (χ0) is 19.1. The fraction of sp³-hybridized carbons (Fsp3) is 0.300. The predicted octanol–water partition coefficient (Wildman–Crippen LogP) is 4.63. The molecule has 0 aliphatic carbocycles. The molecule has 0 saturated heterocycles. The lowest BCUT2D eigenvalue weighted by Crippen LogP contribution is -2.30. The highest BCUT2D eigenvalue weighted by Crippen LogP contribution is 2.26. The minimum Gasteiger partial charge on any atom is -0.492 e. The standard InChI is InChI=1S/C20H23BrN2O3/c1-4-10-26-18-9-8-15(12-17(18)21)20(25)23-16-7-5-6-14(11-16)19(24)22-13(2)3/h5-9,11-13H,4,10H2,1-3H3,(H,22,24)(H,23,25). The van der Waals surface area contributed by atoms with E-state index in [1.807, 2.05) is 20.8 Å². The SMILES string of the molecule is CCCOc1ccc(C(=O)Nc2cccc(C(=O)NC(C)C)c2)cc1Br. The van der Waals surface area contributed by atoms with Gasteiger partial charge in [0.25, 0.3) is 11.8 Å². The highest BCUT2D eigenvalue weighted by molar-refractivity contribution is 9.10. The van der Waals surface area contributed by atoms with Gasteiger partial charge in [0.2, 0.25) is 0 Å². The van der Waals surface area contributed by atoms with E-state index < -0.39 is 0 Å². The molecule has 0 heterocycles. The summed E-state index contributed by atoms with van der Waals surface area (Å²) in [5.74, 6) is 0.279. The molecule has 2 rings (SSSR count). The van der Waals surface area contributed by atoms with Crippen molar-refractivity contribution in [3.05, 3.63) is 58.1 Å². The van der Waals surface area contributed by atoms with Crippen LogP contribution in [0.5, 0.6) is 5.75 Å². The third kappa shape index (κ3) is 5.59. The number of hydrogen-bond acceptors (Lipinski definition) is 3. The molecular formula is C20H23BrN2O3. The quantitative estimate of drug-likeness (QED) is 0.688. The van der Waals surface area contributed by atoms with Crippen molar-refractivity contribution < 1.29 is 14.3 Å². The maximum absolute atomic E-state index is 12.5. The Balaban J connectivity index is 2.10. The van der Waals surface area contributed by atoms with Gasteiger partial charge in [0.15, 0.2) is 0 Å². The van der Waals surface area contributed by atoms with Crippen LogP contribution in [-0.4, -0.2) is 24.5 Å². The largest absolute Gasteiger partial charge is 0.492 e. The summed E-state index contributed by atoms with van der Waals surface area (Å²) in [6.07, 6.45) is 0.912. The van der Waals surface area contributed by atoms with E-state index in [0.29, 0.717) is 29.2 Å². The van der Waals surface area contributed by atoms with Gasteiger partial charge in [-0.25, -0.2) is 0 Å². The number of carbonyl (C=O) groups is 2. The van der Waals surface area contributed by atoms with Gasteiger partial charge in [-0.1, -0.05) is 13.0 Å². The minimum absolute atomic E-state index is 0.0477. The summed E-state index contributed by atoms with van der Waals surface area (Å²) in [7, 11) is 0. The van der Waals surface area contributed by atoms with E-state index >= 15 is 0 Å². The van der Waals surface area contributed by atoms with Gasteiger partial charge in [-0.3, -0.25) is 9.59 Å². The number of hydrogen-bond donors (Lipinski definition) is 2. The van der Waals surface area contributed by atoms with E-state index in [9.17, 15) is 9.59 Å². The normalized spacial score (nSPS) is 10.5. The van der Waals surface area contributed by atoms with E-state index in [0.717, 1.165) is 10.9 Å². The fourth-order valence-electron chi connectivity index (χ4n) is 2.26. The van der Waals surface area contributed by atoms with Crippen molar-refractivity contribution in [3.63, 3.8) is 0 Å². The van der Waals surface area contributed by atoms with Gasteiger partial charge in [0.1, 0.15) is 5.75 Å². The summed E-state index contributed by atoms with van der Waals surface area (Å²) in [5, 5.41) is 5.65. The molecule has 0 radical (unpaired) electrons. The Morgan fingerprint density at radius 1 is 1.08 bits per heavy atom. The second-order valence-electron chi connectivity index (χ2n) is 6.16. The van der Waals surface area contributed by atoms with Crippen molar-refractivity contribution in [3.8, 4) is 5.75 Å². The zero-order valence-electron chi connectivity index (χ0n) is 15.1.